The van der Waals surface area contributed by atoms with Crippen LogP contribution in [0.4, 0.5) is 10.1 Å². The second-order valence-electron chi connectivity index (χ2n) is 7.32. The van der Waals surface area contributed by atoms with Gasteiger partial charge in [0, 0.05) is 12.3 Å². The minimum atomic E-state index is -1.17. The zero-order valence-electron chi connectivity index (χ0n) is 17.6. The summed E-state index contributed by atoms with van der Waals surface area (Å²) in [6.45, 7) is 5.43. The number of carboxylic acid groups (broad SMARTS) is 1. The van der Waals surface area contributed by atoms with Gasteiger partial charge < -0.3 is 14.6 Å². The summed E-state index contributed by atoms with van der Waals surface area (Å²) < 4.78 is 24.7. The molecule has 6 heteroatoms. The van der Waals surface area contributed by atoms with Gasteiger partial charge in [0.2, 0.25) is 0 Å². The maximum absolute atomic E-state index is 14.1. The van der Waals surface area contributed by atoms with Gasteiger partial charge in [-0.2, -0.15) is 0 Å². The van der Waals surface area contributed by atoms with Gasteiger partial charge in [-0.15, -0.1) is 0 Å². The Morgan fingerprint density at radius 1 is 1.13 bits per heavy atom. The minimum Gasteiger partial charge on any atom is -0.491 e. The highest BCUT2D eigenvalue weighted by Gasteiger charge is 2.08. The van der Waals surface area contributed by atoms with Gasteiger partial charge in [-0.05, 0) is 73.4 Å². The molecule has 0 amide bonds. The molecule has 0 atom stereocenters. The van der Waals surface area contributed by atoms with Crippen molar-refractivity contribution in [3.63, 3.8) is 0 Å². The first-order valence-corrected chi connectivity index (χ1v) is 9.88. The van der Waals surface area contributed by atoms with Crippen LogP contribution in [0.15, 0.2) is 65.7 Å². The number of halogens is 1. The van der Waals surface area contributed by atoms with Crippen molar-refractivity contribution >= 4 is 17.9 Å². The van der Waals surface area contributed by atoms with Crippen LogP contribution >= 0.6 is 0 Å². The first-order valence-electron chi connectivity index (χ1n) is 9.88. The number of aliphatic imine (C=N–C) groups is 1. The Hall–Kier alpha value is -3.67. The number of carbonyl (C=O) groups is 1. The second-order valence-corrected chi connectivity index (χ2v) is 7.32. The summed E-state index contributed by atoms with van der Waals surface area (Å²) in [7, 11) is 0. The number of rotatable bonds is 8. The number of aliphatic carboxylic acids is 1. The Morgan fingerprint density at radius 3 is 2.61 bits per heavy atom. The molecule has 0 radical (unpaired) electrons. The highest BCUT2D eigenvalue weighted by Crippen LogP contribution is 2.28. The summed E-state index contributed by atoms with van der Waals surface area (Å²) in [5.41, 5.74) is 4.51. The predicted octanol–water partition coefficient (Wildman–Crippen LogP) is 5.80. The van der Waals surface area contributed by atoms with Gasteiger partial charge in [0.25, 0.3) is 0 Å². The van der Waals surface area contributed by atoms with Crippen LogP contribution in [0.1, 0.15) is 25.0 Å². The van der Waals surface area contributed by atoms with Crippen LogP contribution in [0.25, 0.3) is 11.1 Å². The summed E-state index contributed by atoms with van der Waals surface area (Å²) in [5, 5.41) is 8.62. The molecule has 3 rings (SSSR count). The molecule has 0 aliphatic carbocycles. The molecule has 1 N–H and O–H groups in total. The third kappa shape index (κ3) is 6.15. The van der Waals surface area contributed by atoms with Crippen molar-refractivity contribution in [1.29, 1.82) is 0 Å². The number of aryl methyl sites for hydroxylation is 1. The van der Waals surface area contributed by atoms with E-state index in [9.17, 15) is 9.18 Å². The summed E-state index contributed by atoms with van der Waals surface area (Å²) in [5.74, 6) is -1.11. The maximum Gasteiger partial charge on any atom is 0.341 e. The smallest absolute Gasteiger partial charge is 0.341 e. The molecule has 160 valence electrons. The zero-order chi connectivity index (χ0) is 22.4. The molecule has 0 bridgehead atoms. The van der Waals surface area contributed by atoms with Gasteiger partial charge >= 0.3 is 5.97 Å². The first-order chi connectivity index (χ1) is 14.8. The van der Waals surface area contributed by atoms with E-state index in [0.29, 0.717) is 5.69 Å². The molecule has 0 saturated heterocycles. The van der Waals surface area contributed by atoms with Crippen molar-refractivity contribution in [2.24, 2.45) is 4.99 Å². The highest BCUT2D eigenvalue weighted by molar-refractivity contribution is 5.85. The van der Waals surface area contributed by atoms with Crippen LogP contribution in [-0.2, 0) is 4.79 Å². The number of carboxylic acids is 1. The molecule has 0 heterocycles. The van der Waals surface area contributed by atoms with Crippen molar-refractivity contribution in [3.8, 4) is 22.6 Å². The SMILES string of the molecule is Cc1cc(OC(C)C)ccc1-c1cccc(C=Nc2ccc(OCC(=O)O)c(F)c2)c1. The summed E-state index contributed by atoms with van der Waals surface area (Å²) in [6, 6.07) is 18.0. The average Bonchev–Trinajstić information content (AvgIpc) is 2.71. The lowest BCUT2D eigenvalue weighted by Crippen LogP contribution is -2.10. The van der Waals surface area contributed by atoms with Crippen molar-refractivity contribution in [3.05, 3.63) is 77.6 Å². The minimum absolute atomic E-state index is 0.118. The van der Waals surface area contributed by atoms with Crippen molar-refractivity contribution in [2.45, 2.75) is 26.9 Å². The molecule has 0 saturated carbocycles. The Labute approximate surface area is 180 Å². The Morgan fingerprint density at radius 2 is 1.94 bits per heavy atom. The average molecular weight is 421 g/mol. The van der Waals surface area contributed by atoms with E-state index in [0.717, 1.165) is 28.0 Å². The lowest BCUT2D eigenvalue weighted by Gasteiger charge is -2.13. The van der Waals surface area contributed by atoms with Gasteiger partial charge in [0.05, 0.1) is 11.8 Å². The van der Waals surface area contributed by atoms with Crippen LogP contribution in [0, 0.1) is 12.7 Å². The fourth-order valence-electron chi connectivity index (χ4n) is 3.07. The zero-order valence-corrected chi connectivity index (χ0v) is 17.6. The number of hydrogen-bond acceptors (Lipinski definition) is 4. The van der Waals surface area contributed by atoms with Crippen molar-refractivity contribution < 1.29 is 23.8 Å². The topological polar surface area (TPSA) is 68.1 Å². The highest BCUT2D eigenvalue weighted by atomic mass is 19.1. The Kier molecular flexibility index (Phi) is 7.03. The predicted molar refractivity (Wildman–Crippen MR) is 119 cm³/mol. The monoisotopic (exact) mass is 421 g/mol. The van der Waals surface area contributed by atoms with Crippen LogP contribution in [0.5, 0.6) is 11.5 Å². The molecule has 0 spiro atoms. The molecule has 0 aliphatic rings. The molecular weight excluding hydrogens is 397 g/mol. The quantitative estimate of drug-likeness (QED) is 0.467. The maximum atomic E-state index is 14.1. The van der Waals surface area contributed by atoms with E-state index >= 15 is 0 Å². The van der Waals surface area contributed by atoms with Gasteiger partial charge in [-0.25, -0.2) is 9.18 Å². The normalized spacial score (nSPS) is 11.1. The van der Waals surface area contributed by atoms with E-state index in [-0.39, 0.29) is 11.9 Å². The summed E-state index contributed by atoms with van der Waals surface area (Å²) in [4.78, 5) is 14.9. The third-order valence-electron chi connectivity index (χ3n) is 4.40. The van der Waals surface area contributed by atoms with E-state index in [4.69, 9.17) is 14.6 Å². The summed E-state index contributed by atoms with van der Waals surface area (Å²) >= 11 is 0. The second kappa shape index (κ2) is 9.89. The summed E-state index contributed by atoms with van der Waals surface area (Å²) in [6.07, 6.45) is 1.77. The first kappa shape index (κ1) is 22.0. The molecular formula is C25H24FNO4. The van der Waals surface area contributed by atoms with Gasteiger partial charge in [-0.3, -0.25) is 4.99 Å². The van der Waals surface area contributed by atoms with E-state index in [2.05, 4.69) is 4.99 Å². The molecule has 0 aromatic heterocycles. The van der Waals surface area contributed by atoms with Crippen molar-refractivity contribution in [1.82, 2.24) is 0 Å². The van der Waals surface area contributed by atoms with Crippen molar-refractivity contribution in [2.75, 3.05) is 6.61 Å². The lowest BCUT2D eigenvalue weighted by molar-refractivity contribution is -0.139. The van der Waals surface area contributed by atoms with E-state index in [1.807, 2.05) is 63.2 Å². The number of nitrogens with zero attached hydrogens (tertiary/aromatic N) is 1. The standard InChI is InChI=1S/C25H24FNO4/c1-16(2)31-21-8-9-22(17(3)11-21)19-6-4-5-18(12-19)14-27-20-7-10-24(23(26)13-20)30-15-25(28)29/h4-14,16H,15H2,1-3H3,(H,28,29). The van der Waals surface area contributed by atoms with E-state index < -0.39 is 18.4 Å². The van der Waals surface area contributed by atoms with E-state index in [1.165, 1.54) is 12.1 Å². The number of hydrogen-bond donors (Lipinski definition) is 1. The molecule has 3 aromatic rings. The van der Waals surface area contributed by atoms with Crippen LogP contribution in [0.3, 0.4) is 0 Å². The van der Waals surface area contributed by atoms with Crippen LogP contribution < -0.4 is 9.47 Å². The fraction of sp³-hybridized carbons (Fsp3) is 0.200. The van der Waals surface area contributed by atoms with Gasteiger partial charge in [0.1, 0.15) is 5.75 Å². The largest absolute Gasteiger partial charge is 0.491 e. The van der Waals surface area contributed by atoms with Crippen LogP contribution in [0.2, 0.25) is 0 Å². The molecule has 3 aromatic carbocycles. The molecule has 31 heavy (non-hydrogen) atoms. The fourth-order valence-corrected chi connectivity index (χ4v) is 3.07. The third-order valence-corrected chi connectivity index (χ3v) is 4.40. The Balaban J connectivity index is 1.77. The van der Waals surface area contributed by atoms with Gasteiger partial charge in [-0.1, -0.05) is 24.3 Å². The van der Waals surface area contributed by atoms with Gasteiger partial charge in [0.15, 0.2) is 18.2 Å². The Bertz CT molecular complexity index is 1110. The molecule has 0 unspecified atom stereocenters. The molecule has 5 nitrogen and oxygen atoms in total. The number of benzene rings is 3. The number of ether oxygens (including phenoxy) is 2. The van der Waals surface area contributed by atoms with E-state index in [1.54, 1.807) is 12.3 Å². The molecule has 0 aliphatic heterocycles. The van der Waals surface area contributed by atoms with Crippen LogP contribution in [-0.4, -0.2) is 30.0 Å². The lowest BCUT2D eigenvalue weighted by atomic mass is 9.99. The molecule has 0 fully saturated rings.